The molecule has 0 aliphatic carbocycles. The zero-order chi connectivity index (χ0) is 28.7. The summed E-state index contributed by atoms with van der Waals surface area (Å²) in [5.41, 5.74) is 5.63. The summed E-state index contributed by atoms with van der Waals surface area (Å²) in [6, 6.07) is 15.5. The van der Waals surface area contributed by atoms with Gasteiger partial charge in [-0.05, 0) is 64.0 Å². The predicted octanol–water partition coefficient (Wildman–Crippen LogP) is 4.42. The number of thiazole rings is 1. The van der Waals surface area contributed by atoms with E-state index < -0.39 is 16.9 Å². The molecular weight excluding hydrogens is 528 g/mol. The number of carbonyl (C=O) groups is 1. The summed E-state index contributed by atoms with van der Waals surface area (Å²) < 4.78 is 9.32. The molecule has 2 aromatic heterocycles. The lowest BCUT2D eigenvalue weighted by molar-refractivity contribution is -0.384. The summed E-state index contributed by atoms with van der Waals surface area (Å²) >= 11 is 1.26. The smallest absolute Gasteiger partial charge is 0.338 e. The molecule has 0 fully saturated rings. The second-order valence-electron chi connectivity index (χ2n) is 9.65. The van der Waals surface area contributed by atoms with Crippen molar-refractivity contribution in [3.63, 3.8) is 0 Å². The van der Waals surface area contributed by atoms with Gasteiger partial charge < -0.3 is 9.30 Å². The molecule has 1 aliphatic heterocycles. The Morgan fingerprint density at radius 2 is 1.85 bits per heavy atom. The quantitative estimate of drug-likeness (QED) is 0.198. The Hall–Kier alpha value is -4.57. The van der Waals surface area contributed by atoms with Crippen LogP contribution in [0, 0.1) is 30.9 Å². The topological polar surface area (TPSA) is 109 Å². The lowest BCUT2D eigenvalue weighted by atomic mass is 9.95. The number of esters is 1. The lowest BCUT2D eigenvalue weighted by Crippen LogP contribution is -2.39. The van der Waals surface area contributed by atoms with Crippen LogP contribution in [0.15, 0.2) is 75.7 Å². The third-order valence-corrected chi connectivity index (χ3v) is 7.95. The standard InChI is InChI=1S/C30H28N4O5S/c1-6-39-29(36)26-19(4)31-30-33(27(26)21-12-10-17(2)11-13-21)28(35)25(40-30)15-22-14-18(3)32(20(22)5)23-8-7-9-24(16-23)34(37)38/h7-16,27H,6H2,1-5H3/b25-15+/t27-/m1/s1. The van der Waals surface area contributed by atoms with Crippen LogP contribution in [-0.2, 0) is 9.53 Å². The van der Waals surface area contributed by atoms with E-state index in [1.165, 1.54) is 23.5 Å². The number of nitro benzene ring substituents is 1. The molecule has 1 aliphatic rings. The molecule has 0 saturated heterocycles. The molecule has 2 aromatic carbocycles. The minimum atomic E-state index is -0.671. The molecule has 1 atom stereocenters. The van der Waals surface area contributed by atoms with Crippen LogP contribution < -0.4 is 14.9 Å². The summed E-state index contributed by atoms with van der Waals surface area (Å²) in [7, 11) is 0. The van der Waals surface area contributed by atoms with Crippen LogP contribution in [0.2, 0.25) is 0 Å². The number of non-ortho nitro benzene ring substituents is 1. The van der Waals surface area contributed by atoms with Crippen LogP contribution in [0.1, 0.15) is 48.0 Å². The van der Waals surface area contributed by atoms with E-state index in [2.05, 4.69) is 4.99 Å². The van der Waals surface area contributed by atoms with Crippen molar-refractivity contribution in [2.75, 3.05) is 6.61 Å². The number of ether oxygens (including phenoxy) is 1. The highest BCUT2D eigenvalue weighted by atomic mass is 32.1. The second kappa shape index (κ2) is 10.5. The molecule has 0 radical (unpaired) electrons. The molecule has 4 aromatic rings. The normalized spacial score (nSPS) is 15.1. The maximum atomic E-state index is 13.9. The van der Waals surface area contributed by atoms with Crippen LogP contribution in [-0.4, -0.2) is 26.6 Å². The zero-order valence-electron chi connectivity index (χ0n) is 22.8. The van der Waals surface area contributed by atoms with E-state index in [4.69, 9.17) is 4.74 Å². The van der Waals surface area contributed by atoms with Crippen molar-refractivity contribution in [3.05, 3.63) is 124 Å². The molecule has 0 amide bonds. The molecule has 0 bridgehead atoms. The fourth-order valence-corrected chi connectivity index (χ4v) is 6.11. The maximum Gasteiger partial charge on any atom is 0.338 e. The van der Waals surface area contributed by atoms with E-state index in [1.807, 2.05) is 67.8 Å². The Bertz CT molecular complexity index is 1880. The van der Waals surface area contributed by atoms with Crippen LogP contribution in [0.25, 0.3) is 11.8 Å². The number of rotatable bonds is 6. The Morgan fingerprint density at radius 1 is 1.12 bits per heavy atom. The van der Waals surface area contributed by atoms with Gasteiger partial charge in [0.1, 0.15) is 0 Å². The van der Waals surface area contributed by atoms with Gasteiger partial charge in [0, 0.05) is 23.5 Å². The third-order valence-electron chi connectivity index (χ3n) is 6.97. The molecule has 204 valence electrons. The van der Waals surface area contributed by atoms with Gasteiger partial charge >= 0.3 is 5.97 Å². The van der Waals surface area contributed by atoms with Gasteiger partial charge in [-0.15, -0.1) is 0 Å². The van der Waals surface area contributed by atoms with Crippen molar-refractivity contribution < 1.29 is 14.5 Å². The van der Waals surface area contributed by atoms with Gasteiger partial charge in [0.25, 0.3) is 11.2 Å². The van der Waals surface area contributed by atoms with Gasteiger partial charge in [-0.25, -0.2) is 9.79 Å². The van der Waals surface area contributed by atoms with E-state index in [0.29, 0.717) is 26.3 Å². The highest BCUT2D eigenvalue weighted by Gasteiger charge is 2.33. The summed E-state index contributed by atoms with van der Waals surface area (Å²) in [5.74, 6) is -0.496. The van der Waals surface area contributed by atoms with Gasteiger partial charge in [0.15, 0.2) is 4.80 Å². The molecule has 0 spiro atoms. The number of aryl methyl sites for hydroxylation is 2. The summed E-state index contributed by atoms with van der Waals surface area (Å²) in [6.07, 6.45) is 1.82. The maximum absolute atomic E-state index is 13.9. The first-order valence-electron chi connectivity index (χ1n) is 12.8. The third kappa shape index (κ3) is 4.71. The first-order valence-corrected chi connectivity index (χ1v) is 13.6. The van der Waals surface area contributed by atoms with Crippen molar-refractivity contribution in [2.45, 2.75) is 40.7 Å². The zero-order valence-corrected chi connectivity index (χ0v) is 23.6. The Kier molecular flexibility index (Phi) is 7.12. The average Bonchev–Trinajstić information content (AvgIpc) is 3.37. The number of nitro groups is 1. The SMILES string of the molecule is CCOC(=O)C1=C(C)N=c2s/c(=C/c3cc(C)n(-c4cccc([N+](=O)[O-])c4)c3C)c(=O)n2[C@@H]1c1ccc(C)cc1. The first kappa shape index (κ1) is 27.0. The van der Waals surface area contributed by atoms with E-state index in [0.717, 1.165) is 28.1 Å². The Labute approximate surface area is 234 Å². The minimum Gasteiger partial charge on any atom is -0.463 e. The van der Waals surface area contributed by atoms with Crippen molar-refractivity contribution in [2.24, 2.45) is 4.99 Å². The second-order valence-corrected chi connectivity index (χ2v) is 10.7. The number of nitrogens with zero attached hydrogens (tertiary/aromatic N) is 4. The summed E-state index contributed by atoms with van der Waals surface area (Å²) in [5, 5.41) is 11.3. The lowest BCUT2D eigenvalue weighted by Gasteiger charge is -2.24. The summed E-state index contributed by atoms with van der Waals surface area (Å²) in [4.78, 5) is 43.0. The van der Waals surface area contributed by atoms with Crippen LogP contribution >= 0.6 is 11.3 Å². The molecule has 10 heteroatoms. The highest BCUT2D eigenvalue weighted by molar-refractivity contribution is 7.07. The van der Waals surface area contributed by atoms with E-state index in [1.54, 1.807) is 24.5 Å². The number of carbonyl (C=O) groups excluding carboxylic acids is 1. The Balaban J connectivity index is 1.68. The van der Waals surface area contributed by atoms with Crippen LogP contribution in [0.5, 0.6) is 0 Å². The van der Waals surface area contributed by atoms with E-state index in [-0.39, 0.29) is 17.9 Å². The van der Waals surface area contributed by atoms with Crippen LogP contribution in [0.3, 0.4) is 0 Å². The van der Waals surface area contributed by atoms with Gasteiger partial charge in [-0.2, -0.15) is 0 Å². The molecule has 0 unspecified atom stereocenters. The molecular formula is C30H28N4O5S. The molecule has 40 heavy (non-hydrogen) atoms. The predicted molar refractivity (Wildman–Crippen MR) is 153 cm³/mol. The van der Waals surface area contributed by atoms with Gasteiger partial charge in [0.05, 0.1) is 39.1 Å². The van der Waals surface area contributed by atoms with Crippen molar-refractivity contribution in [1.82, 2.24) is 9.13 Å². The Morgan fingerprint density at radius 3 is 2.52 bits per heavy atom. The molecule has 9 nitrogen and oxygen atoms in total. The monoisotopic (exact) mass is 556 g/mol. The number of benzene rings is 2. The van der Waals surface area contributed by atoms with Crippen molar-refractivity contribution in [3.8, 4) is 5.69 Å². The fourth-order valence-electron chi connectivity index (χ4n) is 5.07. The fraction of sp³-hybridized carbons (Fsp3) is 0.233. The van der Waals surface area contributed by atoms with E-state index in [9.17, 15) is 19.7 Å². The molecule has 0 N–H and O–H groups in total. The van der Waals surface area contributed by atoms with E-state index >= 15 is 0 Å². The van der Waals surface area contributed by atoms with Crippen molar-refractivity contribution in [1.29, 1.82) is 0 Å². The van der Waals surface area contributed by atoms with Gasteiger partial charge in [0.2, 0.25) is 0 Å². The average molecular weight is 557 g/mol. The largest absolute Gasteiger partial charge is 0.463 e. The van der Waals surface area contributed by atoms with Crippen LogP contribution in [0.4, 0.5) is 5.69 Å². The summed E-state index contributed by atoms with van der Waals surface area (Å²) in [6.45, 7) is 9.52. The highest BCUT2D eigenvalue weighted by Crippen LogP contribution is 2.31. The first-order chi connectivity index (χ1) is 19.1. The molecule has 5 rings (SSSR count). The number of hydrogen-bond donors (Lipinski definition) is 0. The minimum absolute atomic E-state index is 0.00346. The number of allylic oxidation sites excluding steroid dienone is 1. The van der Waals surface area contributed by atoms with Crippen molar-refractivity contribution >= 4 is 29.1 Å². The molecule has 0 saturated carbocycles. The number of hydrogen-bond acceptors (Lipinski definition) is 7. The van der Waals surface area contributed by atoms with Gasteiger partial charge in [-0.3, -0.25) is 19.5 Å². The van der Waals surface area contributed by atoms with Gasteiger partial charge in [-0.1, -0.05) is 47.2 Å². The molecule has 3 heterocycles. The number of aromatic nitrogens is 2. The number of fused-ring (bicyclic) bond motifs is 1.